The zero-order valence-corrected chi connectivity index (χ0v) is 14.5. The molecule has 1 fully saturated rings. The molecule has 0 bridgehead atoms. The van der Waals surface area contributed by atoms with E-state index in [1.165, 1.54) is 6.08 Å². The molecule has 136 valence electrons. The first-order chi connectivity index (χ1) is 12.7. The summed E-state index contributed by atoms with van der Waals surface area (Å²) in [7, 11) is 0. The second-order valence-electron chi connectivity index (χ2n) is 6.25. The monoisotopic (exact) mass is 354 g/mol. The largest absolute Gasteiger partial charge is 0.472 e. The van der Waals surface area contributed by atoms with E-state index in [0.29, 0.717) is 31.3 Å². The van der Waals surface area contributed by atoms with Crippen LogP contribution in [-0.2, 0) is 4.79 Å². The van der Waals surface area contributed by atoms with Crippen molar-refractivity contribution in [2.75, 3.05) is 19.6 Å². The summed E-state index contributed by atoms with van der Waals surface area (Å²) in [6.07, 6.45) is 7.72. The van der Waals surface area contributed by atoms with Gasteiger partial charge in [0.1, 0.15) is 5.75 Å². The second kappa shape index (κ2) is 8.89. The lowest BCUT2D eigenvalue weighted by molar-refractivity contribution is -0.116. The average Bonchev–Trinajstić information content (AvgIpc) is 3.19. The first-order valence-electron chi connectivity index (χ1n) is 8.70. The summed E-state index contributed by atoms with van der Waals surface area (Å²) in [5.74, 6) is 0.787. The fourth-order valence-corrected chi connectivity index (χ4v) is 2.82. The van der Waals surface area contributed by atoms with Gasteiger partial charge in [-0.15, -0.1) is 0 Å². The first kappa shape index (κ1) is 17.8. The van der Waals surface area contributed by atoms with Gasteiger partial charge in [-0.3, -0.25) is 4.79 Å². The van der Waals surface area contributed by atoms with Gasteiger partial charge in [0.05, 0.1) is 12.5 Å². The molecule has 2 aromatic rings. The molecule has 1 saturated heterocycles. The third kappa shape index (κ3) is 5.24. The van der Waals surface area contributed by atoms with E-state index in [2.05, 4.69) is 5.32 Å². The number of rotatable bonds is 5. The Kier molecular flexibility index (Phi) is 6.09. The van der Waals surface area contributed by atoms with Crippen LogP contribution in [-0.4, -0.2) is 36.5 Å². The van der Waals surface area contributed by atoms with E-state index in [9.17, 15) is 9.59 Å². The van der Waals surface area contributed by atoms with Gasteiger partial charge in [-0.05, 0) is 43.0 Å². The Morgan fingerprint density at radius 1 is 1.19 bits per heavy atom. The van der Waals surface area contributed by atoms with Crippen LogP contribution >= 0.6 is 0 Å². The molecule has 0 unspecified atom stereocenters. The van der Waals surface area contributed by atoms with Gasteiger partial charge < -0.3 is 19.4 Å². The number of piperidine rings is 1. The van der Waals surface area contributed by atoms with Crippen LogP contribution in [0.1, 0.15) is 18.4 Å². The molecule has 1 aromatic carbocycles. The van der Waals surface area contributed by atoms with E-state index in [1.54, 1.807) is 41.7 Å². The van der Waals surface area contributed by atoms with Gasteiger partial charge in [-0.1, -0.05) is 18.2 Å². The van der Waals surface area contributed by atoms with E-state index < -0.39 is 0 Å². The predicted molar refractivity (Wildman–Crippen MR) is 97.5 cm³/mol. The number of ether oxygens (including phenoxy) is 1. The fourth-order valence-electron chi connectivity index (χ4n) is 2.82. The number of carbonyl (C=O) groups excluding carboxylic acids is 2. The van der Waals surface area contributed by atoms with E-state index in [4.69, 9.17) is 9.15 Å². The van der Waals surface area contributed by atoms with E-state index >= 15 is 0 Å². The minimum absolute atomic E-state index is 0.128. The Morgan fingerprint density at radius 2 is 1.96 bits per heavy atom. The number of hydrogen-bond acceptors (Lipinski definition) is 4. The highest BCUT2D eigenvalue weighted by molar-refractivity contribution is 5.91. The molecule has 0 atom stereocenters. The number of furan rings is 1. The Labute approximate surface area is 152 Å². The van der Waals surface area contributed by atoms with Crippen LogP contribution in [0.2, 0.25) is 0 Å². The quantitative estimate of drug-likeness (QED) is 0.836. The van der Waals surface area contributed by atoms with E-state index in [0.717, 1.165) is 18.4 Å². The van der Waals surface area contributed by atoms with Crippen molar-refractivity contribution in [3.05, 3.63) is 60.6 Å². The molecule has 1 aromatic heterocycles. The predicted octanol–water partition coefficient (Wildman–Crippen LogP) is 3.32. The van der Waals surface area contributed by atoms with Crippen molar-refractivity contribution in [1.29, 1.82) is 0 Å². The van der Waals surface area contributed by atoms with Crippen molar-refractivity contribution in [1.82, 2.24) is 10.2 Å². The van der Waals surface area contributed by atoms with Gasteiger partial charge in [-0.25, -0.2) is 4.79 Å². The van der Waals surface area contributed by atoms with Gasteiger partial charge in [-0.2, -0.15) is 0 Å². The second-order valence-corrected chi connectivity index (χ2v) is 6.25. The van der Waals surface area contributed by atoms with Crippen molar-refractivity contribution in [2.45, 2.75) is 12.8 Å². The number of amides is 2. The lowest BCUT2D eigenvalue weighted by Gasteiger charge is -2.31. The Morgan fingerprint density at radius 3 is 2.65 bits per heavy atom. The summed E-state index contributed by atoms with van der Waals surface area (Å²) in [6.45, 7) is 1.88. The van der Waals surface area contributed by atoms with Crippen LogP contribution in [0.3, 0.4) is 0 Å². The molecule has 2 heterocycles. The molecule has 0 spiro atoms. The molecule has 6 heteroatoms. The van der Waals surface area contributed by atoms with Gasteiger partial charge in [0.15, 0.2) is 0 Å². The van der Waals surface area contributed by atoms with Gasteiger partial charge in [0.25, 0.3) is 0 Å². The SMILES string of the molecule is O=C(C=Cc1ccoc1)NCC1CCN(C(=O)Oc2ccccc2)CC1. The van der Waals surface area contributed by atoms with Crippen LogP contribution < -0.4 is 10.1 Å². The standard InChI is InChI=1S/C20H22N2O4/c23-19(7-6-17-10-13-25-15-17)21-14-16-8-11-22(12-9-16)20(24)26-18-4-2-1-3-5-18/h1-7,10,13,15-16H,8-9,11-12,14H2,(H,21,23). The smallest absolute Gasteiger partial charge is 0.415 e. The number of nitrogens with one attached hydrogen (secondary N) is 1. The summed E-state index contributed by atoms with van der Waals surface area (Å²) >= 11 is 0. The van der Waals surface area contributed by atoms with Crippen molar-refractivity contribution in [3.63, 3.8) is 0 Å². The van der Waals surface area contributed by atoms with Gasteiger partial charge in [0, 0.05) is 31.3 Å². The highest BCUT2D eigenvalue weighted by atomic mass is 16.6. The van der Waals surface area contributed by atoms with Gasteiger partial charge in [0.2, 0.25) is 5.91 Å². The lowest BCUT2D eigenvalue weighted by atomic mass is 9.97. The number of nitrogens with zero attached hydrogens (tertiary/aromatic N) is 1. The number of para-hydroxylation sites is 1. The molecule has 3 rings (SSSR count). The maximum absolute atomic E-state index is 12.2. The fraction of sp³-hybridized carbons (Fsp3) is 0.300. The topological polar surface area (TPSA) is 71.8 Å². The molecule has 26 heavy (non-hydrogen) atoms. The van der Waals surface area contributed by atoms with Crippen LogP contribution in [0.5, 0.6) is 5.75 Å². The van der Waals surface area contributed by atoms with Gasteiger partial charge >= 0.3 is 6.09 Å². The molecule has 1 aliphatic rings. The first-order valence-corrected chi connectivity index (χ1v) is 8.70. The van der Waals surface area contributed by atoms with Crippen LogP contribution in [0.25, 0.3) is 6.08 Å². The van der Waals surface area contributed by atoms with E-state index in [1.807, 2.05) is 18.2 Å². The van der Waals surface area contributed by atoms with E-state index in [-0.39, 0.29) is 12.0 Å². The highest BCUT2D eigenvalue weighted by Crippen LogP contribution is 2.18. The zero-order chi connectivity index (χ0) is 18.2. The average molecular weight is 354 g/mol. The number of carbonyl (C=O) groups is 2. The molecule has 1 aliphatic heterocycles. The third-order valence-corrected chi connectivity index (χ3v) is 4.36. The summed E-state index contributed by atoms with van der Waals surface area (Å²) < 4.78 is 10.3. The van der Waals surface area contributed by atoms with Crippen LogP contribution in [0, 0.1) is 5.92 Å². The maximum atomic E-state index is 12.2. The molecule has 0 radical (unpaired) electrons. The van der Waals surface area contributed by atoms with Crippen molar-refractivity contribution >= 4 is 18.1 Å². The number of hydrogen-bond donors (Lipinski definition) is 1. The minimum Gasteiger partial charge on any atom is -0.472 e. The summed E-state index contributed by atoms with van der Waals surface area (Å²) in [6, 6.07) is 10.8. The number of likely N-dealkylation sites (tertiary alicyclic amines) is 1. The van der Waals surface area contributed by atoms with Crippen molar-refractivity contribution in [2.24, 2.45) is 5.92 Å². The molecule has 1 N–H and O–H groups in total. The maximum Gasteiger partial charge on any atom is 0.415 e. The third-order valence-electron chi connectivity index (χ3n) is 4.36. The number of benzene rings is 1. The Hall–Kier alpha value is -3.02. The molecule has 2 amide bonds. The molecular formula is C20H22N2O4. The normalized spacial score (nSPS) is 15.2. The molecular weight excluding hydrogens is 332 g/mol. The molecule has 0 aliphatic carbocycles. The van der Waals surface area contributed by atoms with Crippen molar-refractivity contribution in [3.8, 4) is 5.75 Å². The minimum atomic E-state index is -0.318. The Bertz CT molecular complexity index is 732. The summed E-state index contributed by atoms with van der Waals surface area (Å²) in [5, 5.41) is 2.91. The van der Waals surface area contributed by atoms with Crippen LogP contribution in [0.4, 0.5) is 4.79 Å². The van der Waals surface area contributed by atoms with Crippen LogP contribution in [0.15, 0.2) is 59.4 Å². The molecule has 0 saturated carbocycles. The highest BCUT2D eigenvalue weighted by Gasteiger charge is 2.24. The zero-order valence-electron chi connectivity index (χ0n) is 14.5. The van der Waals surface area contributed by atoms with Crippen molar-refractivity contribution < 1.29 is 18.7 Å². The molecule has 6 nitrogen and oxygen atoms in total. The summed E-state index contributed by atoms with van der Waals surface area (Å²) in [4.78, 5) is 25.7. The Balaban J connectivity index is 1.37. The summed E-state index contributed by atoms with van der Waals surface area (Å²) in [5.41, 5.74) is 0.852. The lowest BCUT2D eigenvalue weighted by Crippen LogP contribution is -2.42.